The highest BCUT2D eigenvalue weighted by atomic mass is 16.2. The summed E-state index contributed by atoms with van der Waals surface area (Å²) in [5, 5.41) is 9.19. The van der Waals surface area contributed by atoms with Crippen molar-refractivity contribution in [1.82, 2.24) is 15.6 Å². The van der Waals surface area contributed by atoms with E-state index in [1.54, 1.807) is 24.5 Å². The van der Waals surface area contributed by atoms with Gasteiger partial charge in [0, 0.05) is 30.2 Å². The first-order valence-electron chi connectivity index (χ1n) is 20.1. The van der Waals surface area contributed by atoms with Crippen molar-refractivity contribution in [3.63, 3.8) is 0 Å². The van der Waals surface area contributed by atoms with Crippen LogP contribution in [0.4, 0.5) is 5.69 Å². The van der Waals surface area contributed by atoms with Gasteiger partial charge in [-0.05, 0) is 93.2 Å². The number of rotatable bonds is 13. The highest BCUT2D eigenvalue weighted by Crippen LogP contribution is 2.42. The number of aromatic nitrogens is 1. The van der Waals surface area contributed by atoms with Crippen molar-refractivity contribution in [3.8, 4) is 0 Å². The smallest absolute Gasteiger partial charge is 0.252 e. The van der Waals surface area contributed by atoms with E-state index in [1.807, 2.05) is 30.3 Å². The number of nitrogens with one attached hydrogen (secondary N) is 3. The first kappa shape index (κ1) is 42.6. The summed E-state index contributed by atoms with van der Waals surface area (Å²) in [6, 6.07) is 37.2. The largest absolute Gasteiger partial charge is 0.355 e. The predicted molar refractivity (Wildman–Crippen MR) is 233 cm³/mol. The molecule has 3 N–H and O–H groups in total. The second-order valence-electron chi connectivity index (χ2n) is 18.1. The fraction of sp³-hybridized carbons (Fsp3) is 0.360. The number of unbranched alkanes of at least 4 members (excludes halogenated alkanes) is 1. The van der Waals surface area contributed by atoms with E-state index in [1.165, 1.54) is 16.7 Å². The zero-order valence-electron chi connectivity index (χ0n) is 35.2. The van der Waals surface area contributed by atoms with Gasteiger partial charge in [-0.15, -0.1) is 0 Å². The number of pyridine rings is 1. The van der Waals surface area contributed by atoms with E-state index in [4.69, 9.17) is 0 Å². The molecular formula is C50H60N4O3. The lowest BCUT2D eigenvalue weighted by Gasteiger charge is -2.36. The molecule has 0 aliphatic rings. The van der Waals surface area contributed by atoms with Crippen LogP contribution in [0.5, 0.6) is 0 Å². The first-order chi connectivity index (χ1) is 26.9. The summed E-state index contributed by atoms with van der Waals surface area (Å²) in [5.74, 6) is -0.777. The molecule has 7 nitrogen and oxygen atoms in total. The Balaban J connectivity index is 1.45. The number of benzene rings is 4. The van der Waals surface area contributed by atoms with Crippen molar-refractivity contribution >= 4 is 23.4 Å². The maximum atomic E-state index is 15.2. The van der Waals surface area contributed by atoms with E-state index in [2.05, 4.69) is 156 Å². The van der Waals surface area contributed by atoms with Crippen molar-refractivity contribution in [2.45, 2.75) is 109 Å². The van der Waals surface area contributed by atoms with Gasteiger partial charge in [-0.1, -0.05) is 153 Å². The second-order valence-corrected chi connectivity index (χ2v) is 18.1. The molecule has 0 spiro atoms. The minimum Gasteiger partial charge on any atom is -0.355 e. The predicted octanol–water partition coefficient (Wildman–Crippen LogP) is 10.0. The third-order valence-electron chi connectivity index (χ3n) is 10.7. The van der Waals surface area contributed by atoms with Gasteiger partial charge in [0.25, 0.3) is 5.91 Å². The normalized spacial score (nSPS) is 12.7. The highest BCUT2D eigenvalue weighted by Gasteiger charge is 2.44. The van der Waals surface area contributed by atoms with E-state index >= 15 is 4.79 Å². The third-order valence-corrected chi connectivity index (χ3v) is 10.7. The summed E-state index contributed by atoms with van der Waals surface area (Å²) in [6.45, 7) is 20.1. The third kappa shape index (κ3) is 10.4. The van der Waals surface area contributed by atoms with Crippen LogP contribution >= 0.6 is 0 Å². The molecular weight excluding hydrogens is 705 g/mol. The van der Waals surface area contributed by atoms with Crippen LogP contribution in [0.25, 0.3) is 0 Å². The van der Waals surface area contributed by atoms with Gasteiger partial charge in [-0.2, -0.15) is 0 Å². The van der Waals surface area contributed by atoms with Gasteiger partial charge in [0.15, 0.2) is 0 Å². The Kier molecular flexibility index (Phi) is 13.2. The Bertz CT molecular complexity index is 1950. The van der Waals surface area contributed by atoms with E-state index < -0.39 is 11.5 Å². The van der Waals surface area contributed by atoms with Crippen LogP contribution in [0.3, 0.4) is 0 Å². The van der Waals surface area contributed by atoms with Gasteiger partial charge < -0.3 is 16.0 Å². The van der Waals surface area contributed by atoms with Crippen molar-refractivity contribution in [2.75, 3.05) is 11.9 Å². The number of hydrogen-bond acceptors (Lipinski definition) is 4. The molecule has 0 saturated carbocycles. The van der Waals surface area contributed by atoms with Crippen molar-refractivity contribution < 1.29 is 14.4 Å². The average molecular weight is 765 g/mol. The number of hydrogen-bond donors (Lipinski definition) is 3. The maximum Gasteiger partial charge on any atom is 0.252 e. The number of anilines is 1. The molecule has 0 fully saturated rings. The fourth-order valence-corrected chi connectivity index (χ4v) is 7.13. The summed E-state index contributed by atoms with van der Waals surface area (Å²) in [5.41, 5.74) is 5.98. The molecule has 1 aromatic heterocycles. The minimum absolute atomic E-state index is 0.0558. The summed E-state index contributed by atoms with van der Waals surface area (Å²) in [4.78, 5) is 45.8. The topological polar surface area (TPSA) is 100 Å². The van der Waals surface area contributed by atoms with Crippen LogP contribution in [-0.2, 0) is 31.2 Å². The molecule has 3 amide bonds. The molecule has 4 aromatic carbocycles. The van der Waals surface area contributed by atoms with Crippen LogP contribution in [-0.4, -0.2) is 35.3 Å². The number of carbonyl (C=O) groups is 3. The lowest BCUT2D eigenvalue weighted by molar-refractivity contribution is -0.124. The van der Waals surface area contributed by atoms with Gasteiger partial charge in [0.2, 0.25) is 11.8 Å². The van der Waals surface area contributed by atoms with Gasteiger partial charge in [0.05, 0.1) is 0 Å². The average Bonchev–Trinajstić information content (AvgIpc) is 3.18. The molecule has 7 heteroatoms. The van der Waals surface area contributed by atoms with E-state index in [9.17, 15) is 9.59 Å². The van der Waals surface area contributed by atoms with Gasteiger partial charge in [-0.25, -0.2) is 0 Å². The van der Waals surface area contributed by atoms with E-state index in [0.717, 1.165) is 16.7 Å². The van der Waals surface area contributed by atoms with Gasteiger partial charge in [-0.3, -0.25) is 19.4 Å². The van der Waals surface area contributed by atoms with Crippen LogP contribution in [0.15, 0.2) is 128 Å². The van der Waals surface area contributed by atoms with E-state index in [-0.39, 0.29) is 34.0 Å². The molecule has 0 saturated heterocycles. The zero-order valence-corrected chi connectivity index (χ0v) is 35.2. The summed E-state index contributed by atoms with van der Waals surface area (Å²) >= 11 is 0. The Morgan fingerprint density at radius 1 is 0.544 bits per heavy atom. The molecule has 5 aromatic rings. The highest BCUT2D eigenvalue weighted by molar-refractivity contribution is 6.01. The Hall–Kier alpha value is -5.56. The lowest BCUT2D eigenvalue weighted by atomic mass is 9.67. The zero-order chi connectivity index (χ0) is 41.4. The fourth-order valence-electron chi connectivity index (χ4n) is 7.13. The molecule has 0 aliphatic carbocycles. The van der Waals surface area contributed by atoms with E-state index in [0.29, 0.717) is 37.1 Å². The van der Waals surface area contributed by atoms with Crippen LogP contribution in [0.1, 0.15) is 125 Å². The molecule has 1 atom stereocenters. The number of nitrogens with zero attached hydrogens (tertiary/aromatic N) is 1. The molecule has 5 rings (SSSR count). The summed E-state index contributed by atoms with van der Waals surface area (Å²) < 4.78 is 0. The monoisotopic (exact) mass is 764 g/mol. The van der Waals surface area contributed by atoms with Crippen LogP contribution < -0.4 is 16.0 Å². The van der Waals surface area contributed by atoms with Gasteiger partial charge >= 0.3 is 0 Å². The molecule has 0 radical (unpaired) electrons. The number of amides is 3. The molecule has 0 unspecified atom stereocenters. The number of carbonyl (C=O) groups excluding carboxylic acids is 3. The molecule has 57 heavy (non-hydrogen) atoms. The number of para-hydroxylation sites is 1. The van der Waals surface area contributed by atoms with Crippen LogP contribution in [0, 0.1) is 0 Å². The molecule has 0 bridgehead atoms. The van der Waals surface area contributed by atoms with Crippen molar-refractivity contribution in [2.24, 2.45) is 0 Å². The van der Waals surface area contributed by atoms with Crippen LogP contribution in [0.2, 0.25) is 0 Å². The molecule has 0 aliphatic heterocycles. The minimum atomic E-state index is -1.15. The molecule has 1 heterocycles. The molecule has 298 valence electrons. The quantitative estimate of drug-likeness (QED) is 0.0821. The van der Waals surface area contributed by atoms with Crippen molar-refractivity contribution in [1.29, 1.82) is 0 Å². The Labute approximate surface area is 340 Å². The standard InChI is InChI=1S/C50H60N4O3/c1-47(2,3)36-18-24-39(25-19-36)50(40-26-20-37(21-27-40)48(4,5)6,41-28-22-38(23-29-41)49(7,8)9)46(57)52-32-14-13-17-43(45(56)53-42-15-11-10-12-16-42)54-44(55)35-30-33-51-34-31-35/h10-12,15-16,18-31,33-34,43H,13-14,17,32H2,1-9H3,(H,52,57)(H,53,56)(H,54,55)/t43-/m0/s1. The first-order valence-corrected chi connectivity index (χ1v) is 20.1. The van der Waals surface area contributed by atoms with Crippen molar-refractivity contribution in [3.05, 3.63) is 167 Å². The summed E-state index contributed by atoms with van der Waals surface area (Å²) in [7, 11) is 0. The SMILES string of the molecule is CC(C)(C)c1ccc(C(C(=O)NCCCC[C@H](NC(=O)c2ccncc2)C(=O)Nc2ccccc2)(c2ccc(C(C)(C)C)cc2)c2ccc(C(C)(C)C)cc2)cc1. The second kappa shape index (κ2) is 17.7. The van der Waals surface area contributed by atoms with Gasteiger partial charge in [0.1, 0.15) is 11.5 Å². The lowest BCUT2D eigenvalue weighted by Crippen LogP contribution is -2.47. The summed E-state index contributed by atoms with van der Waals surface area (Å²) in [6.07, 6.45) is 4.66. The Morgan fingerprint density at radius 2 is 0.965 bits per heavy atom. The maximum absolute atomic E-state index is 15.2. The Morgan fingerprint density at radius 3 is 1.39 bits per heavy atom.